The third-order valence-corrected chi connectivity index (χ3v) is 8.06. The van der Waals surface area contributed by atoms with E-state index in [1.165, 1.54) is 17.8 Å². The molecule has 2 unspecified atom stereocenters. The van der Waals surface area contributed by atoms with Crippen LogP contribution in [0.25, 0.3) is 0 Å². The van der Waals surface area contributed by atoms with Crippen molar-refractivity contribution in [3.63, 3.8) is 0 Å². The smallest absolute Gasteiger partial charge is 0.255 e. The number of carbonyl (C=O) groups excluding carboxylic acids is 2. The third kappa shape index (κ3) is 4.80. The minimum absolute atomic E-state index is 0.0493. The van der Waals surface area contributed by atoms with Gasteiger partial charge in [-0.15, -0.1) is 11.8 Å². The summed E-state index contributed by atoms with van der Waals surface area (Å²) in [5, 5.41) is 0.0380. The van der Waals surface area contributed by atoms with E-state index in [9.17, 15) is 14.0 Å². The van der Waals surface area contributed by atoms with Crippen LogP contribution in [0.1, 0.15) is 34.6 Å². The first kappa shape index (κ1) is 23.1. The van der Waals surface area contributed by atoms with Crippen LogP contribution >= 0.6 is 23.4 Å². The summed E-state index contributed by atoms with van der Waals surface area (Å²) in [6.07, 6.45) is 0.730. The summed E-state index contributed by atoms with van der Waals surface area (Å²) in [6, 6.07) is 13.8. The lowest BCUT2D eigenvalue weighted by atomic mass is 10.1. The number of amides is 2. The van der Waals surface area contributed by atoms with Crippen LogP contribution in [-0.2, 0) is 4.79 Å². The monoisotopic (exact) mass is 475 g/mol. The maximum absolute atomic E-state index is 14.4. The van der Waals surface area contributed by atoms with Crippen molar-refractivity contribution in [1.82, 2.24) is 14.7 Å². The number of nitrogens with zero attached hydrogens (tertiary/aromatic N) is 3. The van der Waals surface area contributed by atoms with E-state index >= 15 is 0 Å². The van der Waals surface area contributed by atoms with E-state index in [0.717, 1.165) is 19.5 Å². The molecule has 2 amide bonds. The minimum atomic E-state index is -0.295. The second-order valence-electron chi connectivity index (χ2n) is 8.05. The molecule has 0 bridgehead atoms. The zero-order valence-electron chi connectivity index (χ0n) is 18.0. The lowest BCUT2D eigenvalue weighted by Crippen LogP contribution is -2.50. The molecule has 4 rings (SSSR count). The molecule has 0 aromatic heterocycles. The maximum atomic E-state index is 14.4. The Morgan fingerprint density at radius 1 is 1.06 bits per heavy atom. The molecule has 2 fully saturated rings. The molecule has 2 saturated heterocycles. The van der Waals surface area contributed by atoms with Crippen LogP contribution < -0.4 is 0 Å². The first-order valence-electron chi connectivity index (χ1n) is 11.0. The molecular formula is C24H27ClFN3O2S. The minimum Gasteiger partial charge on any atom is -0.336 e. The maximum Gasteiger partial charge on any atom is 0.255 e. The molecule has 2 atom stereocenters. The Labute approximate surface area is 197 Å². The molecule has 8 heteroatoms. The molecule has 170 valence electrons. The molecule has 2 aliphatic heterocycles. The van der Waals surface area contributed by atoms with E-state index < -0.39 is 0 Å². The second-order valence-corrected chi connectivity index (χ2v) is 9.75. The van der Waals surface area contributed by atoms with Crippen LogP contribution in [0, 0.1) is 5.82 Å². The molecule has 2 aromatic rings. The number of rotatable bonds is 6. The van der Waals surface area contributed by atoms with Crippen molar-refractivity contribution in [2.75, 3.05) is 39.3 Å². The van der Waals surface area contributed by atoms with Gasteiger partial charge in [-0.1, -0.05) is 48.9 Å². The van der Waals surface area contributed by atoms with E-state index in [4.69, 9.17) is 11.6 Å². The van der Waals surface area contributed by atoms with Crippen molar-refractivity contribution in [1.29, 1.82) is 0 Å². The van der Waals surface area contributed by atoms with E-state index in [2.05, 4.69) is 4.90 Å². The Hall–Kier alpha value is -2.09. The Morgan fingerprint density at radius 3 is 2.44 bits per heavy atom. The van der Waals surface area contributed by atoms with Gasteiger partial charge in [0.2, 0.25) is 5.91 Å². The van der Waals surface area contributed by atoms with Gasteiger partial charge < -0.3 is 9.80 Å². The van der Waals surface area contributed by atoms with Gasteiger partial charge in [0.25, 0.3) is 5.91 Å². The van der Waals surface area contributed by atoms with Gasteiger partial charge in [0.05, 0.1) is 15.8 Å². The van der Waals surface area contributed by atoms with Gasteiger partial charge in [0, 0.05) is 44.8 Å². The highest BCUT2D eigenvalue weighted by Gasteiger charge is 2.41. The number of halogens is 2. The Kier molecular flexibility index (Phi) is 7.38. The van der Waals surface area contributed by atoms with Crippen molar-refractivity contribution in [3.8, 4) is 0 Å². The average Bonchev–Trinajstić information content (AvgIpc) is 3.13. The molecule has 2 heterocycles. The summed E-state index contributed by atoms with van der Waals surface area (Å²) < 4.78 is 14.4. The predicted octanol–water partition coefficient (Wildman–Crippen LogP) is 4.29. The second kappa shape index (κ2) is 10.2. The first-order valence-corrected chi connectivity index (χ1v) is 12.3. The van der Waals surface area contributed by atoms with Gasteiger partial charge >= 0.3 is 0 Å². The summed E-state index contributed by atoms with van der Waals surface area (Å²) in [6.45, 7) is 5.91. The summed E-state index contributed by atoms with van der Waals surface area (Å²) in [5.41, 5.74) is 1.09. The fourth-order valence-corrected chi connectivity index (χ4v) is 5.90. The predicted molar refractivity (Wildman–Crippen MR) is 126 cm³/mol. The first-order chi connectivity index (χ1) is 15.5. The molecule has 0 N–H and O–H groups in total. The summed E-state index contributed by atoms with van der Waals surface area (Å²) in [4.78, 5) is 31.6. The van der Waals surface area contributed by atoms with E-state index in [1.807, 2.05) is 34.9 Å². The molecule has 0 aliphatic carbocycles. The van der Waals surface area contributed by atoms with Gasteiger partial charge in [-0.2, -0.15) is 0 Å². The van der Waals surface area contributed by atoms with Crippen LogP contribution in [0.3, 0.4) is 0 Å². The lowest BCUT2D eigenvalue weighted by Gasteiger charge is -2.36. The van der Waals surface area contributed by atoms with Gasteiger partial charge in [-0.25, -0.2) is 4.39 Å². The fourth-order valence-electron chi connectivity index (χ4n) is 4.23. The SMILES string of the molecule is CCC1SC(c2ccccc2F)N(CCN2CCN(C(=O)c3ccccc3Cl)CC2)C1=O. The van der Waals surface area contributed by atoms with E-state index in [-0.39, 0.29) is 28.3 Å². The summed E-state index contributed by atoms with van der Waals surface area (Å²) >= 11 is 7.71. The zero-order chi connectivity index (χ0) is 22.7. The van der Waals surface area contributed by atoms with Gasteiger partial charge in [-0.05, 0) is 24.6 Å². The Balaban J connectivity index is 1.36. The molecular weight excluding hydrogens is 449 g/mol. The van der Waals surface area contributed by atoms with E-state index in [1.54, 1.807) is 24.3 Å². The van der Waals surface area contributed by atoms with Crippen molar-refractivity contribution in [3.05, 3.63) is 70.5 Å². The van der Waals surface area contributed by atoms with Crippen molar-refractivity contribution in [2.45, 2.75) is 24.0 Å². The highest BCUT2D eigenvalue weighted by molar-refractivity contribution is 8.01. The van der Waals surface area contributed by atoms with Crippen LogP contribution in [0.4, 0.5) is 4.39 Å². The van der Waals surface area contributed by atoms with E-state index in [0.29, 0.717) is 42.3 Å². The number of benzene rings is 2. The zero-order valence-corrected chi connectivity index (χ0v) is 19.6. The number of hydrogen-bond acceptors (Lipinski definition) is 4. The molecule has 2 aliphatic rings. The van der Waals surface area contributed by atoms with Gasteiger partial charge in [-0.3, -0.25) is 14.5 Å². The van der Waals surface area contributed by atoms with Crippen LogP contribution in [-0.4, -0.2) is 71.0 Å². The summed E-state index contributed by atoms with van der Waals surface area (Å²) in [5.74, 6) is -0.240. The molecule has 0 spiro atoms. The standard InChI is InChI=1S/C24H27ClFN3O2S/c1-2-21-23(31)29(24(32-21)18-8-4-6-10-20(18)26)16-13-27-11-14-28(15-12-27)22(30)17-7-3-5-9-19(17)25/h3-10,21,24H,2,11-16H2,1H3. The number of thioether (sulfide) groups is 1. The topological polar surface area (TPSA) is 43.9 Å². The lowest BCUT2D eigenvalue weighted by molar-refractivity contribution is -0.130. The normalized spacial score (nSPS) is 21.9. The molecule has 32 heavy (non-hydrogen) atoms. The quantitative estimate of drug-likeness (QED) is 0.625. The van der Waals surface area contributed by atoms with Crippen LogP contribution in [0.15, 0.2) is 48.5 Å². The molecule has 5 nitrogen and oxygen atoms in total. The fraction of sp³-hybridized carbons (Fsp3) is 0.417. The molecule has 2 aromatic carbocycles. The Bertz CT molecular complexity index is 983. The largest absolute Gasteiger partial charge is 0.336 e. The average molecular weight is 476 g/mol. The van der Waals surface area contributed by atoms with Gasteiger partial charge in [0.1, 0.15) is 11.2 Å². The molecule has 0 radical (unpaired) electrons. The number of carbonyl (C=O) groups is 2. The van der Waals surface area contributed by atoms with Gasteiger partial charge in [0.15, 0.2) is 0 Å². The van der Waals surface area contributed by atoms with Crippen molar-refractivity contribution < 1.29 is 14.0 Å². The highest BCUT2D eigenvalue weighted by atomic mass is 35.5. The third-order valence-electron chi connectivity index (χ3n) is 6.10. The van der Waals surface area contributed by atoms with Crippen LogP contribution in [0.2, 0.25) is 5.02 Å². The number of hydrogen-bond donors (Lipinski definition) is 0. The summed E-state index contributed by atoms with van der Waals surface area (Å²) in [7, 11) is 0. The van der Waals surface area contributed by atoms with Crippen LogP contribution in [0.5, 0.6) is 0 Å². The molecule has 0 saturated carbocycles. The number of piperazine rings is 1. The highest BCUT2D eigenvalue weighted by Crippen LogP contribution is 2.44. The van der Waals surface area contributed by atoms with Crippen molar-refractivity contribution in [2.24, 2.45) is 0 Å². The van der Waals surface area contributed by atoms with Crippen molar-refractivity contribution >= 4 is 35.2 Å². The Morgan fingerprint density at radius 2 is 1.75 bits per heavy atom.